The van der Waals surface area contributed by atoms with Crippen molar-refractivity contribution in [2.24, 2.45) is 7.05 Å². The fraction of sp³-hybridized carbons (Fsp3) is 0.381. The topological polar surface area (TPSA) is 60.2 Å². The number of ether oxygens (including phenoxy) is 1. The Morgan fingerprint density at radius 2 is 2.11 bits per heavy atom. The molecule has 3 heterocycles. The Balaban J connectivity index is 1.61. The quantitative estimate of drug-likeness (QED) is 0.716. The predicted octanol–water partition coefficient (Wildman–Crippen LogP) is 3.26. The summed E-state index contributed by atoms with van der Waals surface area (Å²) in [5, 5.41) is 6.78. The highest BCUT2D eigenvalue weighted by atomic mass is 16.5. The molecule has 0 unspecified atom stereocenters. The molecule has 3 aromatic rings. The fourth-order valence-corrected chi connectivity index (χ4v) is 3.89. The zero-order valence-corrected chi connectivity index (χ0v) is 16.1. The Morgan fingerprint density at radius 3 is 2.93 bits per heavy atom. The van der Waals surface area contributed by atoms with Gasteiger partial charge in [0.05, 0.1) is 17.9 Å². The van der Waals surface area contributed by atoms with Crippen molar-refractivity contribution in [2.75, 3.05) is 7.05 Å². The van der Waals surface area contributed by atoms with E-state index in [9.17, 15) is 4.79 Å². The minimum atomic E-state index is -0.0871. The van der Waals surface area contributed by atoms with Gasteiger partial charge in [-0.1, -0.05) is 12.1 Å². The second-order valence-electron chi connectivity index (χ2n) is 7.35. The molecule has 6 nitrogen and oxygen atoms in total. The highest BCUT2D eigenvalue weighted by molar-refractivity contribution is 5.94. The zero-order valence-electron chi connectivity index (χ0n) is 16.1. The van der Waals surface area contributed by atoms with Gasteiger partial charge in [0.15, 0.2) is 0 Å². The van der Waals surface area contributed by atoms with Crippen LogP contribution in [0.5, 0.6) is 0 Å². The smallest absolute Gasteiger partial charge is 0.272 e. The first-order chi connectivity index (χ1) is 12.9. The Labute approximate surface area is 158 Å². The van der Waals surface area contributed by atoms with Crippen LogP contribution in [0.1, 0.15) is 47.3 Å². The van der Waals surface area contributed by atoms with E-state index < -0.39 is 0 Å². The largest absolute Gasteiger partial charge is 0.369 e. The minimum absolute atomic E-state index is 0.0117. The molecule has 2 aromatic heterocycles. The van der Waals surface area contributed by atoms with E-state index >= 15 is 0 Å². The van der Waals surface area contributed by atoms with Gasteiger partial charge in [0, 0.05) is 50.4 Å². The summed E-state index contributed by atoms with van der Waals surface area (Å²) in [4.78, 5) is 19.1. The summed E-state index contributed by atoms with van der Waals surface area (Å²) in [6.45, 7) is 4.57. The summed E-state index contributed by atoms with van der Waals surface area (Å²) in [5.74, 6) is -0.0117. The maximum absolute atomic E-state index is 13.2. The van der Waals surface area contributed by atoms with Crippen LogP contribution < -0.4 is 0 Å². The van der Waals surface area contributed by atoms with Crippen LogP contribution in [-0.2, 0) is 24.8 Å². The molecular weight excluding hydrogens is 340 g/mol. The maximum atomic E-state index is 13.2. The number of benzene rings is 1. The van der Waals surface area contributed by atoms with Gasteiger partial charge in [-0.15, -0.1) is 0 Å². The van der Waals surface area contributed by atoms with E-state index in [2.05, 4.69) is 16.1 Å². The van der Waals surface area contributed by atoms with Gasteiger partial charge in [0.2, 0.25) is 0 Å². The molecular formula is C21H24N4O2. The molecule has 0 aliphatic carbocycles. The number of hydrogen-bond acceptors (Lipinski definition) is 4. The van der Waals surface area contributed by atoms with Crippen LogP contribution in [0.2, 0.25) is 0 Å². The molecule has 1 aromatic carbocycles. The van der Waals surface area contributed by atoms with Crippen molar-refractivity contribution in [3.8, 4) is 0 Å². The van der Waals surface area contributed by atoms with Crippen LogP contribution in [0, 0.1) is 0 Å². The lowest BCUT2D eigenvalue weighted by atomic mass is 9.99. The second kappa shape index (κ2) is 6.78. The average molecular weight is 364 g/mol. The summed E-state index contributed by atoms with van der Waals surface area (Å²) in [7, 11) is 3.67. The number of aryl methyl sites for hydroxylation is 1. The van der Waals surface area contributed by atoms with Crippen molar-refractivity contribution >= 4 is 16.7 Å². The summed E-state index contributed by atoms with van der Waals surface area (Å²) in [6, 6.07) is 8.19. The molecule has 0 radical (unpaired) electrons. The Morgan fingerprint density at radius 1 is 1.30 bits per heavy atom. The molecule has 6 heteroatoms. The highest BCUT2D eigenvalue weighted by Gasteiger charge is 2.32. The van der Waals surface area contributed by atoms with Gasteiger partial charge >= 0.3 is 0 Å². The lowest BCUT2D eigenvalue weighted by Crippen LogP contribution is -2.30. The van der Waals surface area contributed by atoms with E-state index in [1.165, 1.54) is 0 Å². The van der Waals surface area contributed by atoms with E-state index in [0.29, 0.717) is 18.7 Å². The van der Waals surface area contributed by atoms with Crippen LogP contribution in [0.25, 0.3) is 10.8 Å². The van der Waals surface area contributed by atoms with Crippen LogP contribution in [0.15, 0.2) is 36.7 Å². The monoisotopic (exact) mass is 364 g/mol. The van der Waals surface area contributed by atoms with Crippen molar-refractivity contribution in [3.63, 3.8) is 0 Å². The van der Waals surface area contributed by atoms with E-state index in [1.54, 1.807) is 15.8 Å². The Kier molecular flexibility index (Phi) is 4.44. The average Bonchev–Trinajstić information content (AvgIpc) is 2.97. The molecule has 27 heavy (non-hydrogen) atoms. The summed E-state index contributed by atoms with van der Waals surface area (Å²) in [6.07, 6.45) is 4.34. The molecule has 4 rings (SSSR count). The van der Waals surface area contributed by atoms with E-state index in [0.717, 1.165) is 27.6 Å². The first kappa shape index (κ1) is 17.7. The van der Waals surface area contributed by atoms with Gasteiger partial charge in [0.25, 0.3) is 5.91 Å². The first-order valence-electron chi connectivity index (χ1n) is 9.23. The van der Waals surface area contributed by atoms with Gasteiger partial charge in [-0.25, -0.2) is 0 Å². The van der Waals surface area contributed by atoms with Crippen LogP contribution in [-0.4, -0.2) is 38.7 Å². The normalized spacial score (nSPS) is 19.1. The third kappa shape index (κ3) is 3.21. The first-order valence-corrected chi connectivity index (χ1v) is 9.23. The summed E-state index contributed by atoms with van der Waals surface area (Å²) < 4.78 is 7.55. The molecule has 1 amide bonds. The van der Waals surface area contributed by atoms with Gasteiger partial charge in [-0.3, -0.25) is 14.5 Å². The van der Waals surface area contributed by atoms with Gasteiger partial charge in [-0.2, -0.15) is 5.10 Å². The summed E-state index contributed by atoms with van der Waals surface area (Å²) >= 11 is 0. The minimum Gasteiger partial charge on any atom is -0.369 e. The number of nitrogens with zero attached hydrogens (tertiary/aromatic N) is 4. The number of aromatic nitrogens is 3. The van der Waals surface area contributed by atoms with Crippen molar-refractivity contribution in [1.29, 1.82) is 0 Å². The van der Waals surface area contributed by atoms with Crippen LogP contribution >= 0.6 is 0 Å². The third-order valence-corrected chi connectivity index (χ3v) is 5.16. The molecule has 0 N–H and O–H groups in total. The molecule has 140 valence electrons. The van der Waals surface area contributed by atoms with Gasteiger partial charge in [0.1, 0.15) is 5.69 Å². The number of amides is 1. The van der Waals surface area contributed by atoms with Crippen LogP contribution in [0.3, 0.4) is 0 Å². The molecule has 0 bridgehead atoms. The number of pyridine rings is 1. The van der Waals surface area contributed by atoms with Gasteiger partial charge < -0.3 is 9.64 Å². The lowest BCUT2D eigenvalue weighted by molar-refractivity contribution is -0.00713. The molecule has 0 spiro atoms. The van der Waals surface area contributed by atoms with E-state index in [4.69, 9.17) is 4.74 Å². The van der Waals surface area contributed by atoms with E-state index in [-0.39, 0.29) is 18.1 Å². The third-order valence-electron chi connectivity index (χ3n) is 5.16. The molecule has 0 fully saturated rings. The number of carbonyl (C=O) groups excluding carboxylic acids is 1. The second-order valence-corrected chi connectivity index (χ2v) is 7.35. The number of fused-ring (bicyclic) bond motifs is 2. The molecule has 1 aliphatic rings. The number of rotatable bonds is 3. The predicted molar refractivity (Wildman–Crippen MR) is 103 cm³/mol. The SMILES string of the molecule is C[C@@H]1Cc2c(nn(C)c2C(=O)N(C)Cc2ccc3cnccc3c2)[C@H](C)O1. The van der Waals surface area contributed by atoms with Crippen LogP contribution in [0.4, 0.5) is 0 Å². The van der Waals surface area contributed by atoms with Crippen molar-refractivity contribution < 1.29 is 9.53 Å². The van der Waals surface area contributed by atoms with Crippen molar-refractivity contribution in [1.82, 2.24) is 19.7 Å². The van der Waals surface area contributed by atoms with E-state index in [1.807, 2.05) is 52.3 Å². The molecule has 1 aliphatic heterocycles. The Bertz CT molecular complexity index is 1010. The number of hydrogen-bond donors (Lipinski definition) is 0. The number of carbonyl (C=O) groups is 1. The Hall–Kier alpha value is -2.73. The standard InChI is InChI=1S/C21H24N4O2/c1-13-9-18-19(14(2)27-13)23-25(4)20(18)21(26)24(3)12-15-5-6-17-11-22-8-7-16(17)10-15/h5-8,10-11,13-14H,9,12H2,1-4H3/t13-,14+/m1/s1. The van der Waals surface area contributed by atoms with Gasteiger partial charge in [-0.05, 0) is 36.9 Å². The molecule has 2 atom stereocenters. The molecule has 0 saturated heterocycles. The van der Waals surface area contributed by atoms with Crippen molar-refractivity contribution in [2.45, 2.75) is 39.0 Å². The fourth-order valence-electron chi connectivity index (χ4n) is 3.89. The maximum Gasteiger partial charge on any atom is 0.272 e. The lowest BCUT2D eigenvalue weighted by Gasteiger charge is -2.25. The highest BCUT2D eigenvalue weighted by Crippen LogP contribution is 2.31. The van der Waals surface area contributed by atoms with Crippen molar-refractivity contribution in [3.05, 3.63) is 59.2 Å². The molecule has 0 saturated carbocycles. The zero-order chi connectivity index (χ0) is 19.1. The summed E-state index contributed by atoms with van der Waals surface area (Å²) in [5.41, 5.74) is 3.65.